The van der Waals surface area contributed by atoms with E-state index in [1.807, 2.05) is 0 Å². The van der Waals surface area contributed by atoms with Gasteiger partial charge in [0, 0.05) is 12.0 Å². The number of hydrogen-bond acceptors (Lipinski definition) is 6. The third kappa shape index (κ3) is 6.84. The number of ether oxygens (including phenoxy) is 2. The van der Waals surface area contributed by atoms with Gasteiger partial charge >= 0.3 is 12.1 Å². The maximum absolute atomic E-state index is 12.7. The van der Waals surface area contributed by atoms with Crippen molar-refractivity contribution in [3.05, 3.63) is 0 Å². The second kappa shape index (κ2) is 8.97. The maximum atomic E-state index is 12.7. The van der Waals surface area contributed by atoms with Gasteiger partial charge in [-0.15, -0.1) is 0 Å². The Labute approximate surface area is 148 Å². The number of amides is 1. The van der Waals surface area contributed by atoms with E-state index < -0.39 is 35.3 Å². The van der Waals surface area contributed by atoms with Gasteiger partial charge in [0.1, 0.15) is 11.4 Å². The minimum Gasteiger partial charge on any atom is -0.460 e. The summed E-state index contributed by atoms with van der Waals surface area (Å²) in [7, 11) is 0. The SMILES string of the molecule is CCOC(=O)C(=O)CC(=O)C1(CNC(=O)OC(C)(C)C)CCCCC1. The summed E-state index contributed by atoms with van der Waals surface area (Å²) in [4.78, 5) is 47.9. The molecule has 1 aliphatic rings. The number of Topliss-reactive ketones (excluding diaryl/α,β-unsaturated/α-hetero) is 2. The molecule has 0 saturated heterocycles. The predicted octanol–water partition coefficient (Wildman–Crippen LogP) is 2.55. The van der Waals surface area contributed by atoms with Gasteiger partial charge in [-0.3, -0.25) is 9.59 Å². The summed E-state index contributed by atoms with van der Waals surface area (Å²) in [6, 6.07) is 0. The molecule has 1 aliphatic carbocycles. The zero-order chi connectivity index (χ0) is 19.1. The molecule has 1 saturated carbocycles. The Bertz CT molecular complexity index is 514. The fourth-order valence-electron chi connectivity index (χ4n) is 2.96. The molecule has 1 amide bonds. The Hall–Kier alpha value is -1.92. The second-order valence-corrected chi connectivity index (χ2v) is 7.44. The van der Waals surface area contributed by atoms with Gasteiger partial charge in [-0.2, -0.15) is 0 Å². The molecule has 0 atom stereocenters. The van der Waals surface area contributed by atoms with Crippen molar-refractivity contribution in [2.24, 2.45) is 5.41 Å². The molecular weight excluding hydrogens is 326 g/mol. The second-order valence-electron chi connectivity index (χ2n) is 7.44. The average Bonchev–Trinajstić information content (AvgIpc) is 2.52. The smallest absolute Gasteiger partial charge is 0.407 e. The molecule has 0 bridgehead atoms. The zero-order valence-corrected chi connectivity index (χ0v) is 15.6. The Morgan fingerprint density at radius 2 is 1.64 bits per heavy atom. The van der Waals surface area contributed by atoms with Crippen molar-refractivity contribution in [2.75, 3.05) is 13.2 Å². The van der Waals surface area contributed by atoms with Gasteiger partial charge in [0.15, 0.2) is 0 Å². The first-order valence-corrected chi connectivity index (χ1v) is 8.80. The lowest BCUT2D eigenvalue weighted by Crippen LogP contribution is -2.46. The number of carbonyl (C=O) groups is 4. The molecule has 0 aliphatic heterocycles. The van der Waals surface area contributed by atoms with Gasteiger partial charge in [0.05, 0.1) is 13.0 Å². The van der Waals surface area contributed by atoms with Crippen LogP contribution < -0.4 is 5.32 Å². The molecular formula is C18H29NO6. The molecule has 1 rings (SSSR count). The zero-order valence-electron chi connectivity index (χ0n) is 15.6. The number of esters is 1. The Morgan fingerprint density at radius 3 is 2.16 bits per heavy atom. The topological polar surface area (TPSA) is 98.8 Å². The van der Waals surface area contributed by atoms with E-state index in [9.17, 15) is 19.2 Å². The van der Waals surface area contributed by atoms with E-state index in [1.54, 1.807) is 27.7 Å². The number of carbonyl (C=O) groups excluding carboxylic acids is 4. The summed E-state index contributed by atoms with van der Waals surface area (Å²) in [5, 5.41) is 2.65. The van der Waals surface area contributed by atoms with Crippen LogP contribution in [0.15, 0.2) is 0 Å². The van der Waals surface area contributed by atoms with E-state index >= 15 is 0 Å². The molecule has 0 heterocycles. The lowest BCUT2D eigenvalue weighted by Gasteiger charge is -2.36. The van der Waals surface area contributed by atoms with E-state index in [1.165, 1.54) is 0 Å². The Kier molecular flexibility index (Phi) is 7.58. The minimum absolute atomic E-state index is 0.0874. The Morgan fingerprint density at radius 1 is 1.04 bits per heavy atom. The van der Waals surface area contributed by atoms with Crippen molar-refractivity contribution in [2.45, 2.75) is 71.8 Å². The van der Waals surface area contributed by atoms with E-state index in [0.717, 1.165) is 19.3 Å². The standard InChI is InChI=1S/C18H29NO6/c1-5-24-15(22)13(20)11-14(21)18(9-7-6-8-10-18)12-19-16(23)25-17(2,3)4/h5-12H2,1-4H3,(H,19,23). The average molecular weight is 355 g/mol. The number of rotatable bonds is 7. The van der Waals surface area contributed by atoms with Crippen molar-refractivity contribution < 1.29 is 28.7 Å². The molecule has 0 spiro atoms. The molecule has 0 radical (unpaired) electrons. The van der Waals surface area contributed by atoms with Crippen molar-refractivity contribution in [1.29, 1.82) is 0 Å². The summed E-state index contributed by atoms with van der Waals surface area (Å²) in [6.07, 6.45) is 2.77. The molecule has 0 aromatic rings. The fourth-order valence-corrected chi connectivity index (χ4v) is 2.96. The number of nitrogens with one attached hydrogen (secondary N) is 1. The first-order chi connectivity index (χ1) is 11.6. The van der Waals surface area contributed by atoms with E-state index in [2.05, 4.69) is 10.1 Å². The Balaban J connectivity index is 2.74. The monoisotopic (exact) mass is 355 g/mol. The predicted molar refractivity (Wildman–Crippen MR) is 91.0 cm³/mol. The molecule has 142 valence electrons. The van der Waals surface area contributed by atoms with Crippen LogP contribution in [0.2, 0.25) is 0 Å². The highest BCUT2D eigenvalue weighted by atomic mass is 16.6. The summed E-state index contributed by atoms with van der Waals surface area (Å²) >= 11 is 0. The van der Waals surface area contributed by atoms with Crippen LogP contribution in [0.25, 0.3) is 0 Å². The van der Waals surface area contributed by atoms with Crippen molar-refractivity contribution in [3.63, 3.8) is 0 Å². The highest BCUT2D eigenvalue weighted by Gasteiger charge is 2.41. The lowest BCUT2D eigenvalue weighted by atomic mass is 9.70. The summed E-state index contributed by atoms with van der Waals surface area (Å²) in [5.41, 5.74) is -1.45. The van der Waals surface area contributed by atoms with Crippen molar-refractivity contribution >= 4 is 23.6 Å². The summed E-state index contributed by atoms with van der Waals surface area (Å²) < 4.78 is 9.85. The van der Waals surface area contributed by atoms with Gasteiger partial charge in [0.25, 0.3) is 0 Å². The third-order valence-electron chi connectivity index (χ3n) is 4.20. The largest absolute Gasteiger partial charge is 0.460 e. The van der Waals surface area contributed by atoms with Crippen LogP contribution in [0.4, 0.5) is 4.79 Å². The normalized spacial score (nSPS) is 16.6. The van der Waals surface area contributed by atoms with Crippen LogP contribution in [0.5, 0.6) is 0 Å². The quantitative estimate of drug-likeness (QED) is 0.428. The first-order valence-electron chi connectivity index (χ1n) is 8.80. The number of alkyl carbamates (subject to hydrolysis) is 1. The van der Waals surface area contributed by atoms with Crippen LogP contribution >= 0.6 is 0 Å². The molecule has 7 heteroatoms. The minimum atomic E-state index is -0.984. The number of ketones is 2. The van der Waals surface area contributed by atoms with Crippen LogP contribution in [0.3, 0.4) is 0 Å². The maximum Gasteiger partial charge on any atom is 0.407 e. The van der Waals surface area contributed by atoms with E-state index in [4.69, 9.17) is 4.74 Å². The van der Waals surface area contributed by atoms with Gasteiger partial charge < -0.3 is 14.8 Å². The van der Waals surface area contributed by atoms with Gasteiger partial charge in [-0.1, -0.05) is 19.3 Å². The molecule has 0 aromatic carbocycles. The molecule has 7 nitrogen and oxygen atoms in total. The highest BCUT2D eigenvalue weighted by molar-refractivity contribution is 6.37. The fraction of sp³-hybridized carbons (Fsp3) is 0.778. The lowest BCUT2D eigenvalue weighted by molar-refractivity contribution is -0.155. The van der Waals surface area contributed by atoms with Crippen LogP contribution in [-0.4, -0.2) is 42.4 Å². The highest BCUT2D eigenvalue weighted by Crippen LogP contribution is 2.37. The third-order valence-corrected chi connectivity index (χ3v) is 4.20. The molecule has 1 fully saturated rings. The van der Waals surface area contributed by atoms with Crippen molar-refractivity contribution in [3.8, 4) is 0 Å². The van der Waals surface area contributed by atoms with Crippen LogP contribution in [0, 0.1) is 5.41 Å². The van der Waals surface area contributed by atoms with Crippen LogP contribution in [-0.2, 0) is 23.9 Å². The molecule has 0 aromatic heterocycles. The van der Waals surface area contributed by atoms with Gasteiger partial charge in [-0.25, -0.2) is 9.59 Å². The number of hydrogen-bond donors (Lipinski definition) is 1. The van der Waals surface area contributed by atoms with E-state index in [-0.39, 0.29) is 18.9 Å². The van der Waals surface area contributed by atoms with E-state index in [0.29, 0.717) is 12.8 Å². The van der Waals surface area contributed by atoms with Gasteiger partial charge in [0.2, 0.25) is 5.78 Å². The van der Waals surface area contributed by atoms with Crippen LogP contribution in [0.1, 0.15) is 66.2 Å². The summed E-state index contributed by atoms with van der Waals surface area (Å²) in [6.45, 7) is 7.06. The van der Waals surface area contributed by atoms with Gasteiger partial charge in [-0.05, 0) is 40.5 Å². The molecule has 25 heavy (non-hydrogen) atoms. The first kappa shape index (κ1) is 21.1. The molecule has 1 N–H and O–H groups in total. The van der Waals surface area contributed by atoms with Crippen molar-refractivity contribution in [1.82, 2.24) is 5.32 Å². The molecule has 0 unspecified atom stereocenters. The summed E-state index contributed by atoms with van der Waals surface area (Å²) in [5.74, 6) is -2.14.